The van der Waals surface area contributed by atoms with Crippen LogP contribution in [0.15, 0.2) is 0 Å². The van der Waals surface area contributed by atoms with Crippen molar-refractivity contribution in [1.82, 2.24) is 10.2 Å². The molecule has 2 aliphatic rings. The predicted molar refractivity (Wildman–Crippen MR) is 102 cm³/mol. The van der Waals surface area contributed by atoms with Crippen LogP contribution >= 0.6 is 24.2 Å². The molecule has 140 valence electrons. The zero-order valence-electron chi connectivity index (χ0n) is 15.0. The average molecular weight is 378 g/mol. The molecule has 1 heterocycles. The van der Waals surface area contributed by atoms with E-state index in [1.165, 1.54) is 19.3 Å². The molecular formula is C17H32ClN3O2S. The summed E-state index contributed by atoms with van der Waals surface area (Å²) in [5.41, 5.74) is 5.46. The quantitative estimate of drug-likeness (QED) is 0.788. The minimum atomic E-state index is -0.458. The normalized spacial score (nSPS) is 23.5. The fourth-order valence-electron chi connectivity index (χ4n) is 3.48. The molecule has 1 saturated carbocycles. The van der Waals surface area contributed by atoms with E-state index in [2.05, 4.69) is 5.32 Å². The summed E-state index contributed by atoms with van der Waals surface area (Å²) in [4.78, 5) is 27.0. The maximum Gasteiger partial charge on any atom is 0.243 e. The molecule has 2 fully saturated rings. The van der Waals surface area contributed by atoms with Crippen molar-refractivity contribution in [2.75, 3.05) is 18.2 Å². The van der Waals surface area contributed by atoms with Gasteiger partial charge in [-0.1, -0.05) is 40.0 Å². The van der Waals surface area contributed by atoms with Crippen molar-refractivity contribution in [2.45, 2.75) is 65.0 Å². The van der Waals surface area contributed by atoms with Gasteiger partial charge in [0.05, 0.1) is 5.88 Å². The Bertz CT molecular complexity index is 436. The third-order valence-electron chi connectivity index (χ3n) is 4.89. The summed E-state index contributed by atoms with van der Waals surface area (Å²) in [5, 5.41) is 3.14. The second-order valence-electron chi connectivity index (χ2n) is 7.79. The van der Waals surface area contributed by atoms with E-state index in [0.29, 0.717) is 24.1 Å². The fraction of sp³-hybridized carbons (Fsp3) is 0.882. The van der Waals surface area contributed by atoms with Crippen LogP contribution in [0.25, 0.3) is 0 Å². The summed E-state index contributed by atoms with van der Waals surface area (Å²) in [6, 6.07) is -0.315. The van der Waals surface area contributed by atoms with Gasteiger partial charge in [-0.15, -0.1) is 24.2 Å². The molecular weight excluding hydrogens is 346 g/mol. The van der Waals surface area contributed by atoms with E-state index in [4.69, 9.17) is 5.73 Å². The van der Waals surface area contributed by atoms with Crippen molar-refractivity contribution < 1.29 is 9.59 Å². The molecule has 2 unspecified atom stereocenters. The van der Waals surface area contributed by atoms with Crippen LogP contribution in [-0.4, -0.2) is 47.0 Å². The van der Waals surface area contributed by atoms with Crippen molar-refractivity contribution in [3.05, 3.63) is 0 Å². The Balaban J connectivity index is 0.00000288. The zero-order chi connectivity index (χ0) is 17.0. The highest BCUT2D eigenvalue weighted by molar-refractivity contribution is 7.99. The lowest BCUT2D eigenvalue weighted by Crippen LogP contribution is -2.55. The lowest BCUT2D eigenvalue weighted by Gasteiger charge is -2.33. The molecule has 5 nitrogen and oxygen atoms in total. The smallest absolute Gasteiger partial charge is 0.243 e. The molecule has 7 heteroatoms. The number of hydrogen-bond donors (Lipinski definition) is 2. The molecule has 1 aliphatic heterocycles. The second kappa shape index (κ2) is 9.30. The van der Waals surface area contributed by atoms with Gasteiger partial charge in [-0.3, -0.25) is 9.59 Å². The van der Waals surface area contributed by atoms with Crippen molar-refractivity contribution in [2.24, 2.45) is 17.1 Å². The summed E-state index contributed by atoms with van der Waals surface area (Å²) in [6.07, 6.45) is 6.03. The van der Waals surface area contributed by atoms with Crippen LogP contribution in [0.1, 0.15) is 52.9 Å². The highest BCUT2D eigenvalue weighted by atomic mass is 35.5. The number of halogens is 1. The molecule has 0 bridgehead atoms. The first-order valence-electron chi connectivity index (χ1n) is 8.74. The Labute approximate surface area is 156 Å². The summed E-state index contributed by atoms with van der Waals surface area (Å²) < 4.78 is 0. The Kier molecular flexibility index (Phi) is 8.36. The number of nitrogens with one attached hydrogen (secondary N) is 1. The summed E-state index contributed by atoms with van der Waals surface area (Å²) in [7, 11) is 0. The van der Waals surface area contributed by atoms with Crippen molar-refractivity contribution in [3.63, 3.8) is 0 Å². The summed E-state index contributed by atoms with van der Waals surface area (Å²) in [6.45, 7) is 6.18. The minimum absolute atomic E-state index is 0. The van der Waals surface area contributed by atoms with E-state index in [0.717, 1.165) is 12.8 Å². The fourth-order valence-corrected chi connectivity index (χ4v) is 4.63. The van der Waals surface area contributed by atoms with Gasteiger partial charge in [0.2, 0.25) is 11.8 Å². The van der Waals surface area contributed by atoms with Crippen LogP contribution in [0.5, 0.6) is 0 Å². The maximum absolute atomic E-state index is 12.7. The van der Waals surface area contributed by atoms with E-state index in [-0.39, 0.29) is 36.3 Å². The number of rotatable bonds is 4. The Morgan fingerprint density at radius 1 is 1.25 bits per heavy atom. The summed E-state index contributed by atoms with van der Waals surface area (Å²) >= 11 is 1.65. The zero-order valence-corrected chi connectivity index (χ0v) is 16.7. The molecule has 2 atom stereocenters. The molecule has 2 rings (SSSR count). The molecule has 0 aromatic rings. The van der Waals surface area contributed by atoms with Gasteiger partial charge in [0.25, 0.3) is 0 Å². The van der Waals surface area contributed by atoms with E-state index in [9.17, 15) is 9.59 Å². The van der Waals surface area contributed by atoms with E-state index < -0.39 is 5.41 Å². The number of thioether (sulfide) groups is 1. The highest BCUT2D eigenvalue weighted by Crippen LogP contribution is 2.29. The maximum atomic E-state index is 12.7. The largest absolute Gasteiger partial charge is 0.350 e. The molecule has 1 aliphatic carbocycles. The number of nitrogens with two attached hydrogens (primary N) is 1. The monoisotopic (exact) mass is 377 g/mol. The van der Waals surface area contributed by atoms with Gasteiger partial charge in [-0.05, 0) is 18.8 Å². The van der Waals surface area contributed by atoms with Gasteiger partial charge in [0.1, 0.15) is 6.04 Å². The molecule has 2 amide bonds. The van der Waals surface area contributed by atoms with Gasteiger partial charge in [-0.2, -0.15) is 0 Å². The van der Waals surface area contributed by atoms with Crippen LogP contribution in [0.3, 0.4) is 0 Å². The SMILES string of the molecule is CC(C)(C)C(=O)N1CSCC1C(=O)NC(CN)C1CCCCC1.Cl. The van der Waals surface area contributed by atoms with Gasteiger partial charge in [0.15, 0.2) is 0 Å². The third kappa shape index (κ3) is 5.27. The molecule has 3 N–H and O–H groups in total. The van der Waals surface area contributed by atoms with Crippen LogP contribution < -0.4 is 11.1 Å². The number of nitrogens with zero attached hydrogens (tertiary/aromatic N) is 1. The Hall–Kier alpha value is -0.460. The minimum Gasteiger partial charge on any atom is -0.350 e. The summed E-state index contributed by atoms with van der Waals surface area (Å²) in [5.74, 6) is 1.78. The van der Waals surface area contributed by atoms with Gasteiger partial charge in [0, 0.05) is 23.8 Å². The Morgan fingerprint density at radius 3 is 2.42 bits per heavy atom. The highest BCUT2D eigenvalue weighted by Gasteiger charge is 2.39. The number of carbonyl (C=O) groups is 2. The van der Waals surface area contributed by atoms with E-state index >= 15 is 0 Å². The predicted octanol–water partition coefficient (Wildman–Crippen LogP) is 2.38. The first-order valence-corrected chi connectivity index (χ1v) is 9.89. The van der Waals surface area contributed by atoms with Crippen molar-refractivity contribution >= 4 is 36.0 Å². The molecule has 0 aromatic heterocycles. The van der Waals surface area contributed by atoms with Crippen LogP contribution in [0.4, 0.5) is 0 Å². The third-order valence-corrected chi connectivity index (χ3v) is 5.90. The van der Waals surface area contributed by atoms with Crippen LogP contribution in [0, 0.1) is 11.3 Å². The van der Waals surface area contributed by atoms with Crippen molar-refractivity contribution in [1.29, 1.82) is 0 Å². The first-order chi connectivity index (χ1) is 10.8. The molecule has 0 radical (unpaired) electrons. The molecule has 24 heavy (non-hydrogen) atoms. The molecule has 0 spiro atoms. The Morgan fingerprint density at radius 2 is 1.88 bits per heavy atom. The topological polar surface area (TPSA) is 75.4 Å². The van der Waals surface area contributed by atoms with Crippen LogP contribution in [0.2, 0.25) is 0 Å². The first kappa shape index (κ1) is 21.6. The molecule has 0 aromatic carbocycles. The van der Waals surface area contributed by atoms with E-state index in [1.54, 1.807) is 16.7 Å². The molecule has 1 saturated heterocycles. The lowest BCUT2D eigenvalue weighted by atomic mass is 9.84. The number of amides is 2. The number of hydrogen-bond acceptors (Lipinski definition) is 4. The van der Waals surface area contributed by atoms with Gasteiger partial charge in [-0.25, -0.2) is 0 Å². The second-order valence-corrected chi connectivity index (χ2v) is 8.79. The lowest BCUT2D eigenvalue weighted by molar-refractivity contribution is -0.144. The van der Waals surface area contributed by atoms with Gasteiger partial charge >= 0.3 is 0 Å². The van der Waals surface area contributed by atoms with Crippen molar-refractivity contribution in [3.8, 4) is 0 Å². The van der Waals surface area contributed by atoms with Crippen LogP contribution in [-0.2, 0) is 9.59 Å². The van der Waals surface area contributed by atoms with Gasteiger partial charge < -0.3 is 16.0 Å². The average Bonchev–Trinajstić information content (AvgIpc) is 3.01. The number of carbonyl (C=O) groups excluding carboxylic acids is 2. The standard InChI is InChI=1S/C17H31N3O2S.ClH/c1-17(2,3)16(22)20-11-23-10-14(20)15(21)19-13(9-18)12-7-5-4-6-8-12;/h12-14H,4-11,18H2,1-3H3,(H,19,21);1H. The van der Waals surface area contributed by atoms with E-state index in [1.807, 2.05) is 20.8 Å².